The fraction of sp³-hybridized carbons (Fsp3) is 0.364. The summed E-state index contributed by atoms with van der Waals surface area (Å²) in [6.45, 7) is 4.04. The number of halogens is 1. The predicted octanol–water partition coefficient (Wildman–Crippen LogP) is 3.23. The molecule has 3 nitrogen and oxygen atoms in total. The lowest BCUT2D eigenvalue weighted by Gasteiger charge is -2.21. The number of ether oxygens (including phenoxy) is 1. The number of para-hydroxylation sites is 1. The van der Waals surface area contributed by atoms with Crippen LogP contribution in [0, 0.1) is 0 Å². The molecule has 0 aliphatic rings. The van der Waals surface area contributed by atoms with E-state index in [1.165, 1.54) is 4.90 Å². The largest absolute Gasteiger partial charge is 0.430 e. The number of amides is 1. The molecule has 1 rings (SSSR count). The maximum atomic E-state index is 11.6. The van der Waals surface area contributed by atoms with Crippen molar-refractivity contribution in [2.45, 2.75) is 19.4 Å². The molecule has 0 spiro atoms. The van der Waals surface area contributed by atoms with E-state index in [2.05, 4.69) is 0 Å². The highest BCUT2D eigenvalue weighted by molar-refractivity contribution is 6.20. The monoisotopic (exact) mass is 227 g/mol. The molecule has 1 aromatic carbocycles. The van der Waals surface area contributed by atoms with E-state index in [1.807, 2.05) is 37.3 Å². The van der Waals surface area contributed by atoms with Crippen molar-refractivity contribution in [1.82, 2.24) is 0 Å². The smallest absolute Gasteiger partial charge is 0.415 e. The number of alkyl halides is 1. The zero-order chi connectivity index (χ0) is 11.3. The minimum atomic E-state index is -0.615. The Hall–Kier alpha value is -1.22. The number of benzene rings is 1. The van der Waals surface area contributed by atoms with Crippen molar-refractivity contribution in [3.05, 3.63) is 30.3 Å². The van der Waals surface area contributed by atoms with Gasteiger partial charge in [-0.2, -0.15) is 0 Å². The van der Waals surface area contributed by atoms with Gasteiger partial charge in [0, 0.05) is 12.2 Å². The molecule has 0 aliphatic carbocycles. The molecule has 82 valence electrons. The van der Waals surface area contributed by atoms with Gasteiger partial charge >= 0.3 is 6.09 Å². The molecule has 0 aliphatic heterocycles. The first kappa shape index (κ1) is 11.9. The maximum Gasteiger partial charge on any atom is 0.415 e. The van der Waals surface area contributed by atoms with Crippen LogP contribution in [-0.2, 0) is 4.74 Å². The molecule has 0 heterocycles. The highest BCUT2D eigenvalue weighted by Gasteiger charge is 2.16. The van der Waals surface area contributed by atoms with Crippen molar-refractivity contribution in [2.75, 3.05) is 11.4 Å². The number of carbonyl (C=O) groups is 1. The molecule has 0 radical (unpaired) electrons. The lowest BCUT2D eigenvalue weighted by atomic mass is 10.3. The van der Waals surface area contributed by atoms with E-state index in [4.69, 9.17) is 16.3 Å². The number of carbonyl (C=O) groups excluding carboxylic acids is 1. The molecule has 1 atom stereocenters. The molecular formula is C11H14ClNO2. The first-order valence-electron chi connectivity index (χ1n) is 4.82. The number of hydrogen-bond donors (Lipinski definition) is 0. The second-order valence-corrected chi connectivity index (χ2v) is 3.62. The van der Waals surface area contributed by atoms with Gasteiger partial charge in [0.15, 0.2) is 5.56 Å². The van der Waals surface area contributed by atoms with Crippen molar-refractivity contribution >= 4 is 23.4 Å². The van der Waals surface area contributed by atoms with Crippen molar-refractivity contribution < 1.29 is 9.53 Å². The van der Waals surface area contributed by atoms with Crippen LogP contribution >= 0.6 is 11.6 Å². The van der Waals surface area contributed by atoms with Gasteiger partial charge in [0.1, 0.15) is 0 Å². The average molecular weight is 228 g/mol. The van der Waals surface area contributed by atoms with Gasteiger partial charge in [-0.3, -0.25) is 4.90 Å². The van der Waals surface area contributed by atoms with E-state index < -0.39 is 11.7 Å². The number of hydrogen-bond acceptors (Lipinski definition) is 2. The Balaban J connectivity index is 2.76. The first-order valence-corrected chi connectivity index (χ1v) is 5.26. The van der Waals surface area contributed by atoms with E-state index in [9.17, 15) is 4.79 Å². The quantitative estimate of drug-likeness (QED) is 0.742. The van der Waals surface area contributed by atoms with Crippen LogP contribution < -0.4 is 4.90 Å². The third-order valence-corrected chi connectivity index (χ3v) is 1.96. The van der Waals surface area contributed by atoms with Gasteiger partial charge < -0.3 is 4.74 Å². The van der Waals surface area contributed by atoms with Crippen LogP contribution in [0.5, 0.6) is 0 Å². The van der Waals surface area contributed by atoms with Crippen molar-refractivity contribution in [3.8, 4) is 0 Å². The summed E-state index contributed by atoms with van der Waals surface area (Å²) in [6, 6.07) is 9.34. The van der Waals surface area contributed by atoms with Crippen LogP contribution in [0.2, 0.25) is 0 Å². The van der Waals surface area contributed by atoms with Crippen molar-refractivity contribution in [1.29, 1.82) is 0 Å². The summed E-state index contributed by atoms with van der Waals surface area (Å²) >= 11 is 5.59. The topological polar surface area (TPSA) is 29.5 Å². The van der Waals surface area contributed by atoms with E-state index in [0.717, 1.165) is 5.69 Å². The predicted molar refractivity (Wildman–Crippen MR) is 61.3 cm³/mol. The molecule has 15 heavy (non-hydrogen) atoms. The molecule has 1 aromatic rings. The third-order valence-electron chi connectivity index (χ3n) is 1.87. The molecule has 1 unspecified atom stereocenters. The fourth-order valence-corrected chi connectivity index (χ4v) is 1.30. The van der Waals surface area contributed by atoms with Gasteiger partial charge in [-0.15, -0.1) is 0 Å². The van der Waals surface area contributed by atoms with Crippen LogP contribution in [0.4, 0.5) is 10.5 Å². The summed E-state index contributed by atoms with van der Waals surface area (Å²) in [5, 5.41) is 0. The zero-order valence-electron chi connectivity index (χ0n) is 8.81. The molecule has 0 bridgehead atoms. The maximum absolute atomic E-state index is 11.6. The Bertz CT molecular complexity index is 314. The molecule has 1 amide bonds. The summed E-state index contributed by atoms with van der Waals surface area (Å²) < 4.78 is 4.91. The Morgan fingerprint density at radius 3 is 2.53 bits per heavy atom. The highest BCUT2D eigenvalue weighted by Crippen LogP contribution is 2.15. The Morgan fingerprint density at radius 1 is 1.47 bits per heavy atom. The molecule has 0 fully saturated rings. The molecule has 0 saturated heterocycles. The lowest BCUT2D eigenvalue weighted by Crippen LogP contribution is -2.32. The van der Waals surface area contributed by atoms with Gasteiger partial charge in [-0.05, 0) is 26.0 Å². The second-order valence-electron chi connectivity index (χ2n) is 3.01. The van der Waals surface area contributed by atoms with Crippen LogP contribution in [0.25, 0.3) is 0 Å². The van der Waals surface area contributed by atoms with E-state index >= 15 is 0 Å². The average Bonchev–Trinajstić information content (AvgIpc) is 2.19. The van der Waals surface area contributed by atoms with Gasteiger partial charge in [0.05, 0.1) is 0 Å². The number of nitrogens with zero attached hydrogens (tertiary/aromatic N) is 1. The summed E-state index contributed by atoms with van der Waals surface area (Å²) in [6.07, 6.45) is -0.425. The van der Waals surface area contributed by atoms with Gasteiger partial charge in [0.25, 0.3) is 0 Å². The second kappa shape index (κ2) is 5.61. The Labute approximate surface area is 94.6 Å². The van der Waals surface area contributed by atoms with E-state index in [1.54, 1.807) is 6.92 Å². The van der Waals surface area contributed by atoms with Gasteiger partial charge in [-0.25, -0.2) is 4.79 Å². The lowest BCUT2D eigenvalue weighted by molar-refractivity contribution is 0.146. The summed E-state index contributed by atoms with van der Waals surface area (Å²) in [5.41, 5.74) is 0.192. The van der Waals surface area contributed by atoms with Crippen molar-refractivity contribution in [3.63, 3.8) is 0 Å². The van der Waals surface area contributed by atoms with Gasteiger partial charge in [-0.1, -0.05) is 29.8 Å². The Morgan fingerprint density at radius 2 is 2.07 bits per heavy atom. The molecular weight excluding hydrogens is 214 g/mol. The first-order chi connectivity index (χ1) is 7.15. The zero-order valence-corrected chi connectivity index (χ0v) is 9.57. The van der Waals surface area contributed by atoms with Crippen molar-refractivity contribution in [2.24, 2.45) is 0 Å². The van der Waals surface area contributed by atoms with Crippen LogP contribution in [-0.4, -0.2) is 18.2 Å². The molecule has 0 saturated carbocycles. The summed E-state index contributed by atoms with van der Waals surface area (Å²) in [5.74, 6) is 0. The van der Waals surface area contributed by atoms with Crippen LogP contribution in [0.3, 0.4) is 0 Å². The Kier molecular flexibility index (Phi) is 4.43. The molecule has 0 aromatic heterocycles. The van der Waals surface area contributed by atoms with Crippen LogP contribution in [0.15, 0.2) is 30.3 Å². The highest BCUT2D eigenvalue weighted by atomic mass is 35.5. The minimum absolute atomic E-state index is 0.425. The summed E-state index contributed by atoms with van der Waals surface area (Å²) in [4.78, 5) is 13.1. The standard InChI is InChI=1S/C11H14ClNO2/c1-3-13(11(14)15-9(2)12)10-7-5-4-6-8-10/h4-9H,3H2,1-2H3. The summed E-state index contributed by atoms with van der Waals surface area (Å²) in [7, 11) is 0. The van der Waals surface area contributed by atoms with Crippen LogP contribution in [0.1, 0.15) is 13.8 Å². The number of anilines is 1. The fourth-order valence-electron chi connectivity index (χ4n) is 1.23. The third kappa shape index (κ3) is 3.44. The SMILES string of the molecule is CCN(C(=O)OC(C)Cl)c1ccccc1. The number of rotatable bonds is 3. The molecule has 4 heteroatoms. The van der Waals surface area contributed by atoms with E-state index in [-0.39, 0.29) is 0 Å². The van der Waals surface area contributed by atoms with E-state index in [0.29, 0.717) is 6.54 Å². The normalized spacial score (nSPS) is 11.9. The van der Waals surface area contributed by atoms with Gasteiger partial charge in [0.2, 0.25) is 0 Å². The molecule has 0 N–H and O–H groups in total. The minimum Gasteiger partial charge on any atom is -0.430 e.